The van der Waals surface area contributed by atoms with Crippen LogP contribution in [0.2, 0.25) is 0 Å². The predicted octanol–water partition coefficient (Wildman–Crippen LogP) is -0.219. The maximum Gasteiger partial charge on any atom is 0.208 e. The molecule has 0 amide bonds. The van der Waals surface area contributed by atoms with Crippen molar-refractivity contribution >= 4 is 10.0 Å². The summed E-state index contributed by atoms with van der Waals surface area (Å²) in [4.78, 5) is 0. The normalized spacial score (nSPS) is 10.2. The van der Waals surface area contributed by atoms with Crippen LogP contribution in [0, 0.1) is 0 Å². The van der Waals surface area contributed by atoms with Gasteiger partial charge in [-0.1, -0.05) is 13.8 Å². The van der Waals surface area contributed by atoms with Crippen molar-refractivity contribution in [1.82, 2.24) is 10.0 Å². The van der Waals surface area contributed by atoms with Gasteiger partial charge in [0.1, 0.15) is 0 Å². The summed E-state index contributed by atoms with van der Waals surface area (Å²) in [5.74, 6) is 0. The second-order valence-corrected chi connectivity index (χ2v) is 3.60. The minimum atomic E-state index is -2.99. The molecule has 0 aliphatic rings. The lowest BCUT2D eigenvalue weighted by molar-refractivity contribution is 0.585. The van der Waals surface area contributed by atoms with Crippen molar-refractivity contribution in [2.75, 3.05) is 26.4 Å². The SMILES string of the molecule is CC.CNCCNS(C)(=O)=O. The highest BCUT2D eigenvalue weighted by Gasteiger charge is 1.95. The standard InChI is InChI=1S/C4H12N2O2S.C2H6/c1-5-3-4-6-9(2,7)8;1-2/h5-6H,3-4H2,1-2H3;1-2H3. The lowest BCUT2D eigenvalue weighted by Crippen LogP contribution is -2.29. The zero-order chi connectivity index (χ0) is 9.33. The van der Waals surface area contributed by atoms with Crippen LogP contribution in [0.4, 0.5) is 0 Å². The van der Waals surface area contributed by atoms with Crippen molar-refractivity contribution in [3.8, 4) is 0 Å². The molecule has 2 N–H and O–H groups in total. The van der Waals surface area contributed by atoms with Gasteiger partial charge in [0.05, 0.1) is 6.26 Å². The molecule has 0 heterocycles. The molecular weight excluding hydrogens is 164 g/mol. The summed E-state index contributed by atoms with van der Waals surface area (Å²) in [5.41, 5.74) is 0. The number of rotatable bonds is 4. The van der Waals surface area contributed by atoms with E-state index in [2.05, 4.69) is 10.0 Å². The summed E-state index contributed by atoms with van der Waals surface area (Å²) < 4.78 is 23.1. The maximum atomic E-state index is 10.4. The van der Waals surface area contributed by atoms with E-state index in [-0.39, 0.29) is 0 Å². The molecule has 0 aromatic rings. The summed E-state index contributed by atoms with van der Waals surface area (Å²) in [6, 6.07) is 0. The Hall–Kier alpha value is -0.130. The molecular formula is C6H18N2O2S. The van der Waals surface area contributed by atoms with Gasteiger partial charge in [-0.05, 0) is 7.05 Å². The first-order valence-electron chi connectivity index (χ1n) is 3.65. The number of sulfonamides is 1. The van der Waals surface area contributed by atoms with E-state index in [0.29, 0.717) is 13.1 Å². The molecule has 0 atom stereocenters. The maximum absolute atomic E-state index is 10.4. The van der Waals surface area contributed by atoms with Gasteiger partial charge in [-0.2, -0.15) is 0 Å². The molecule has 11 heavy (non-hydrogen) atoms. The Morgan fingerprint density at radius 3 is 1.91 bits per heavy atom. The highest BCUT2D eigenvalue weighted by atomic mass is 32.2. The van der Waals surface area contributed by atoms with Gasteiger partial charge in [-0.25, -0.2) is 13.1 Å². The average Bonchev–Trinajstić information content (AvgIpc) is 1.90. The van der Waals surface area contributed by atoms with Crippen LogP contribution in [-0.4, -0.2) is 34.8 Å². The quantitative estimate of drug-likeness (QED) is 0.591. The van der Waals surface area contributed by atoms with Gasteiger partial charge in [-0.15, -0.1) is 0 Å². The van der Waals surface area contributed by atoms with E-state index in [1.807, 2.05) is 13.8 Å². The number of hydrogen-bond acceptors (Lipinski definition) is 3. The van der Waals surface area contributed by atoms with Crippen molar-refractivity contribution in [3.05, 3.63) is 0 Å². The van der Waals surface area contributed by atoms with Crippen LogP contribution in [0.25, 0.3) is 0 Å². The third-order valence-electron chi connectivity index (χ3n) is 0.739. The van der Waals surface area contributed by atoms with Crippen LogP contribution in [0.3, 0.4) is 0 Å². The predicted molar refractivity (Wildman–Crippen MR) is 48.1 cm³/mol. The molecule has 0 saturated heterocycles. The molecule has 70 valence electrons. The summed E-state index contributed by atoms with van der Waals surface area (Å²) in [5, 5.41) is 2.81. The van der Waals surface area contributed by atoms with Crippen LogP contribution in [-0.2, 0) is 10.0 Å². The summed E-state index contributed by atoms with van der Waals surface area (Å²) in [7, 11) is -1.22. The second-order valence-electron chi connectivity index (χ2n) is 1.77. The minimum Gasteiger partial charge on any atom is -0.318 e. The fourth-order valence-corrected chi connectivity index (χ4v) is 0.834. The van der Waals surface area contributed by atoms with Crippen molar-refractivity contribution in [1.29, 1.82) is 0 Å². The van der Waals surface area contributed by atoms with E-state index >= 15 is 0 Å². The monoisotopic (exact) mass is 182 g/mol. The first kappa shape index (κ1) is 13.5. The molecule has 0 aliphatic carbocycles. The molecule has 0 unspecified atom stereocenters. The molecule has 0 aliphatic heterocycles. The molecule has 0 spiro atoms. The smallest absolute Gasteiger partial charge is 0.208 e. The molecule has 0 saturated carbocycles. The number of hydrogen-bond donors (Lipinski definition) is 2. The summed E-state index contributed by atoms with van der Waals surface area (Å²) in [6.45, 7) is 5.11. The topological polar surface area (TPSA) is 58.2 Å². The zero-order valence-electron chi connectivity index (χ0n) is 7.64. The number of nitrogens with one attached hydrogen (secondary N) is 2. The highest BCUT2D eigenvalue weighted by molar-refractivity contribution is 7.88. The molecule has 0 aromatic carbocycles. The summed E-state index contributed by atoms with van der Waals surface area (Å²) >= 11 is 0. The largest absolute Gasteiger partial charge is 0.318 e. The lowest BCUT2D eigenvalue weighted by Gasteiger charge is -1.98. The zero-order valence-corrected chi connectivity index (χ0v) is 8.46. The molecule has 4 nitrogen and oxygen atoms in total. The van der Waals surface area contributed by atoms with Gasteiger partial charge < -0.3 is 5.32 Å². The van der Waals surface area contributed by atoms with E-state index in [4.69, 9.17) is 0 Å². The second kappa shape index (κ2) is 7.97. The van der Waals surface area contributed by atoms with E-state index in [1.54, 1.807) is 7.05 Å². The highest BCUT2D eigenvalue weighted by Crippen LogP contribution is 1.69. The van der Waals surface area contributed by atoms with Crippen LogP contribution in [0.15, 0.2) is 0 Å². The Labute approximate surface area is 69.4 Å². The van der Waals surface area contributed by atoms with Crippen molar-refractivity contribution in [3.63, 3.8) is 0 Å². The molecule has 0 fully saturated rings. The third kappa shape index (κ3) is 17.7. The van der Waals surface area contributed by atoms with Crippen LogP contribution in [0.5, 0.6) is 0 Å². The molecule has 0 rings (SSSR count). The Morgan fingerprint density at radius 2 is 1.64 bits per heavy atom. The van der Waals surface area contributed by atoms with E-state index in [0.717, 1.165) is 6.26 Å². The Balaban J connectivity index is 0. The van der Waals surface area contributed by atoms with Gasteiger partial charge in [0.25, 0.3) is 0 Å². The van der Waals surface area contributed by atoms with Gasteiger partial charge in [0.15, 0.2) is 0 Å². The van der Waals surface area contributed by atoms with E-state index in [1.165, 1.54) is 0 Å². The van der Waals surface area contributed by atoms with Crippen LogP contribution >= 0.6 is 0 Å². The third-order valence-corrected chi connectivity index (χ3v) is 1.47. The fourth-order valence-electron chi connectivity index (χ4n) is 0.361. The van der Waals surface area contributed by atoms with Crippen molar-refractivity contribution < 1.29 is 8.42 Å². The van der Waals surface area contributed by atoms with Crippen LogP contribution in [0.1, 0.15) is 13.8 Å². The van der Waals surface area contributed by atoms with Crippen molar-refractivity contribution in [2.24, 2.45) is 0 Å². The van der Waals surface area contributed by atoms with E-state index < -0.39 is 10.0 Å². The Kier molecular flexibility index (Phi) is 9.75. The number of likely N-dealkylation sites (N-methyl/N-ethyl adjacent to an activating group) is 1. The Morgan fingerprint density at radius 1 is 1.18 bits per heavy atom. The van der Waals surface area contributed by atoms with Gasteiger partial charge in [0, 0.05) is 13.1 Å². The van der Waals surface area contributed by atoms with Gasteiger partial charge in [-0.3, -0.25) is 0 Å². The molecule has 0 aromatic heterocycles. The molecule has 0 radical (unpaired) electrons. The van der Waals surface area contributed by atoms with E-state index in [9.17, 15) is 8.42 Å². The minimum absolute atomic E-state index is 0.454. The molecule has 0 bridgehead atoms. The lowest BCUT2D eigenvalue weighted by atomic mass is 10.7. The average molecular weight is 182 g/mol. The van der Waals surface area contributed by atoms with Gasteiger partial charge in [0.2, 0.25) is 10.0 Å². The van der Waals surface area contributed by atoms with Crippen LogP contribution < -0.4 is 10.0 Å². The summed E-state index contributed by atoms with van der Waals surface area (Å²) in [6.07, 6.45) is 1.14. The molecule has 5 heteroatoms. The fraction of sp³-hybridized carbons (Fsp3) is 1.00. The Bertz CT molecular complexity index is 154. The first-order valence-corrected chi connectivity index (χ1v) is 5.54. The van der Waals surface area contributed by atoms with Crippen molar-refractivity contribution in [2.45, 2.75) is 13.8 Å². The van der Waals surface area contributed by atoms with Gasteiger partial charge >= 0.3 is 0 Å². The first-order chi connectivity index (χ1) is 5.06.